The number of nitrogens with one attached hydrogen (secondary N) is 1. The van der Waals surface area contributed by atoms with Crippen LogP contribution in [0.5, 0.6) is 0 Å². The van der Waals surface area contributed by atoms with Gasteiger partial charge in [0.05, 0.1) is 5.41 Å². The van der Waals surface area contributed by atoms with E-state index in [9.17, 15) is 14.7 Å². The van der Waals surface area contributed by atoms with Crippen LogP contribution in [0.2, 0.25) is 0 Å². The molecule has 0 spiro atoms. The third-order valence-electron chi connectivity index (χ3n) is 4.12. The Labute approximate surface area is 125 Å². The summed E-state index contributed by atoms with van der Waals surface area (Å²) in [6, 6.07) is 5.60. The van der Waals surface area contributed by atoms with Crippen molar-refractivity contribution in [1.82, 2.24) is 4.90 Å². The van der Waals surface area contributed by atoms with Crippen molar-refractivity contribution in [2.45, 2.75) is 33.6 Å². The lowest BCUT2D eigenvalue weighted by atomic mass is 9.82. The van der Waals surface area contributed by atoms with Gasteiger partial charge in [-0.3, -0.25) is 4.79 Å². The van der Waals surface area contributed by atoms with E-state index in [0.717, 1.165) is 16.8 Å². The first-order valence-corrected chi connectivity index (χ1v) is 7.18. The molecule has 0 aliphatic carbocycles. The summed E-state index contributed by atoms with van der Waals surface area (Å²) in [6.45, 7) is 6.49. The number of anilines is 1. The minimum absolute atomic E-state index is 0.228. The molecule has 0 radical (unpaired) electrons. The number of carbonyl (C=O) groups is 2. The van der Waals surface area contributed by atoms with Crippen molar-refractivity contribution >= 4 is 17.7 Å². The molecule has 1 saturated heterocycles. The number of aliphatic carboxylic acids is 1. The standard InChI is InChI=1S/C16H22N2O3/c1-11-5-6-13(12(2)9-11)17-15(21)18-8-4-7-16(3,10-18)14(19)20/h5-6,9H,4,7-8,10H2,1-3H3,(H,17,21)(H,19,20). The van der Waals surface area contributed by atoms with Gasteiger partial charge >= 0.3 is 12.0 Å². The summed E-state index contributed by atoms with van der Waals surface area (Å²) >= 11 is 0. The summed E-state index contributed by atoms with van der Waals surface area (Å²) in [7, 11) is 0. The van der Waals surface area contributed by atoms with Crippen LogP contribution in [0.1, 0.15) is 30.9 Å². The van der Waals surface area contributed by atoms with Crippen LogP contribution in [0.25, 0.3) is 0 Å². The zero-order valence-electron chi connectivity index (χ0n) is 12.8. The number of amides is 2. The Kier molecular flexibility index (Phi) is 4.21. The van der Waals surface area contributed by atoms with E-state index >= 15 is 0 Å². The van der Waals surface area contributed by atoms with Crippen LogP contribution in [-0.2, 0) is 4.79 Å². The third-order valence-corrected chi connectivity index (χ3v) is 4.12. The molecule has 21 heavy (non-hydrogen) atoms. The van der Waals surface area contributed by atoms with Crippen molar-refractivity contribution in [3.8, 4) is 0 Å². The predicted molar refractivity (Wildman–Crippen MR) is 81.5 cm³/mol. The molecule has 1 unspecified atom stereocenters. The molecule has 0 bridgehead atoms. The molecule has 1 atom stereocenters. The monoisotopic (exact) mass is 290 g/mol. The minimum Gasteiger partial charge on any atom is -0.481 e. The third kappa shape index (κ3) is 3.35. The van der Waals surface area contributed by atoms with Crippen LogP contribution >= 0.6 is 0 Å². The number of likely N-dealkylation sites (tertiary alicyclic amines) is 1. The summed E-state index contributed by atoms with van der Waals surface area (Å²) in [5.74, 6) is -0.841. The van der Waals surface area contributed by atoms with Gasteiger partial charge in [0.25, 0.3) is 0 Å². The number of urea groups is 1. The molecule has 2 N–H and O–H groups in total. The Bertz CT molecular complexity index is 571. The second-order valence-corrected chi connectivity index (χ2v) is 6.14. The normalized spacial score (nSPS) is 22.0. The van der Waals surface area contributed by atoms with E-state index in [4.69, 9.17) is 0 Å². The Morgan fingerprint density at radius 3 is 2.67 bits per heavy atom. The van der Waals surface area contributed by atoms with Gasteiger partial charge in [0.1, 0.15) is 0 Å². The van der Waals surface area contributed by atoms with Gasteiger partial charge in [-0.2, -0.15) is 0 Å². The fraction of sp³-hybridized carbons (Fsp3) is 0.500. The number of carbonyl (C=O) groups excluding carboxylic acids is 1. The zero-order valence-corrected chi connectivity index (χ0v) is 12.8. The van der Waals surface area contributed by atoms with Crippen molar-refractivity contribution < 1.29 is 14.7 Å². The molecule has 114 valence electrons. The number of hydrogen-bond donors (Lipinski definition) is 2. The van der Waals surface area contributed by atoms with Crippen LogP contribution in [0, 0.1) is 19.3 Å². The number of benzene rings is 1. The van der Waals surface area contributed by atoms with Crippen LogP contribution in [-0.4, -0.2) is 35.1 Å². The van der Waals surface area contributed by atoms with E-state index in [1.807, 2.05) is 32.0 Å². The average molecular weight is 290 g/mol. The number of piperidine rings is 1. The number of aryl methyl sites for hydroxylation is 2. The van der Waals surface area contributed by atoms with Gasteiger partial charge in [0.2, 0.25) is 0 Å². The first kappa shape index (κ1) is 15.4. The largest absolute Gasteiger partial charge is 0.481 e. The minimum atomic E-state index is -0.849. The molecule has 1 aromatic carbocycles. The van der Waals surface area contributed by atoms with Gasteiger partial charge in [0.15, 0.2) is 0 Å². The van der Waals surface area contributed by atoms with Crippen molar-refractivity contribution in [2.24, 2.45) is 5.41 Å². The molecule has 5 heteroatoms. The highest BCUT2D eigenvalue weighted by Crippen LogP contribution is 2.30. The van der Waals surface area contributed by atoms with Gasteiger partial charge in [-0.05, 0) is 45.2 Å². The zero-order chi connectivity index (χ0) is 15.6. The average Bonchev–Trinajstić information content (AvgIpc) is 2.41. The first-order chi connectivity index (χ1) is 9.82. The topological polar surface area (TPSA) is 69.6 Å². The predicted octanol–water partition coefficient (Wildman–Crippen LogP) is 3.02. The Morgan fingerprint density at radius 1 is 1.33 bits per heavy atom. The number of hydrogen-bond acceptors (Lipinski definition) is 2. The van der Waals surface area contributed by atoms with Crippen molar-refractivity contribution in [3.05, 3.63) is 29.3 Å². The van der Waals surface area contributed by atoms with Crippen LogP contribution < -0.4 is 5.32 Å². The van der Waals surface area contributed by atoms with Gasteiger partial charge in [0, 0.05) is 18.8 Å². The van der Waals surface area contributed by atoms with Crippen LogP contribution in [0.3, 0.4) is 0 Å². The highest BCUT2D eigenvalue weighted by molar-refractivity contribution is 5.90. The van der Waals surface area contributed by atoms with E-state index in [2.05, 4.69) is 5.32 Å². The smallest absolute Gasteiger partial charge is 0.321 e. The lowest BCUT2D eigenvalue weighted by Crippen LogP contribution is -2.49. The van der Waals surface area contributed by atoms with E-state index in [1.165, 1.54) is 0 Å². The van der Waals surface area contributed by atoms with Crippen molar-refractivity contribution in [2.75, 3.05) is 18.4 Å². The fourth-order valence-corrected chi connectivity index (χ4v) is 2.74. The number of carboxylic acid groups (broad SMARTS) is 1. The molecule has 2 rings (SSSR count). The van der Waals surface area contributed by atoms with Gasteiger partial charge < -0.3 is 15.3 Å². The highest BCUT2D eigenvalue weighted by atomic mass is 16.4. The van der Waals surface area contributed by atoms with Crippen LogP contribution in [0.15, 0.2) is 18.2 Å². The van der Waals surface area contributed by atoms with E-state index in [-0.39, 0.29) is 12.6 Å². The lowest BCUT2D eigenvalue weighted by molar-refractivity contribution is -0.150. The van der Waals surface area contributed by atoms with Crippen molar-refractivity contribution in [1.29, 1.82) is 0 Å². The molecule has 1 aliphatic rings. The summed E-state index contributed by atoms with van der Waals surface area (Å²) in [6.07, 6.45) is 1.32. The molecule has 0 saturated carbocycles. The highest BCUT2D eigenvalue weighted by Gasteiger charge is 2.39. The summed E-state index contributed by atoms with van der Waals surface area (Å²) in [5, 5.41) is 12.2. The SMILES string of the molecule is Cc1ccc(NC(=O)N2CCCC(C)(C(=O)O)C2)c(C)c1. The van der Waals surface area contributed by atoms with Crippen molar-refractivity contribution in [3.63, 3.8) is 0 Å². The second-order valence-electron chi connectivity index (χ2n) is 6.14. The number of carboxylic acids is 1. The Morgan fingerprint density at radius 2 is 2.05 bits per heavy atom. The van der Waals surface area contributed by atoms with E-state index < -0.39 is 11.4 Å². The van der Waals surface area contributed by atoms with E-state index in [1.54, 1.807) is 11.8 Å². The summed E-state index contributed by atoms with van der Waals surface area (Å²) in [5.41, 5.74) is 2.06. The molecule has 5 nitrogen and oxygen atoms in total. The maximum atomic E-state index is 12.3. The Balaban J connectivity index is 2.08. The molecule has 1 aromatic rings. The number of rotatable bonds is 2. The molecule has 0 aromatic heterocycles. The second kappa shape index (κ2) is 5.76. The molecule has 2 amide bonds. The molecular formula is C16H22N2O3. The van der Waals surface area contributed by atoms with E-state index in [0.29, 0.717) is 19.4 Å². The first-order valence-electron chi connectivity index (χ1n) is 7.18. The van der Waals surface area contributed by atoms with Gasteiger partial charge in [-0.1, -0.05) is 17.7 Å². The maximum Gasteiger partial charge on any atom is 0.321 e. The number of nitrogens with zero attached hydrogens (tertiary/aromatic N) is 1. The van der Waals surface area contributed by atoms with Gasteiger partial charge in [-0.15, -0.1) is 0 Å². The summed E-state index contributed by atoms with van der Waals surface area (Å²) in [4.78, 5) is 25.3. The fourth-order valence-electron chi connectivity index (χ4n) is 2.74. The summed E-state index contributed by atoms with van der Waals surface area (Å²) < 4.78 is 0. The molecule has 1 fully saturated rings. The van der Waals surface area contributed by atoms with Crippen LogP contribution in [0.4, 0.5) is 10.5 Å². The molecule has 1 heterocycles. The Hall–Kier alpha value is -2.04. The lowest BCUT2D eigenvalue weighted by Gasteiger charge is -2.37. The van der Waals surface area contributed by atoms with Gasteiger partial charge in [-0.25, -0.2) is 4.79 Å². The maximum absolute atomic E-state index is 12.3. The molecule has 1 aliphatic heterocycles. The quantitative estimate of drug-likeness (QED) is 0.879. The molecular weight excluding hydrogens is 268 g/mol.